The summed E-state index contributed by atoms with van der Waals surface area (Å²) >= 11 is 0. The average molecular weight is 243 g/mol. The van der Waals surface area contributed by atoms with E-state index in [4.69, 9.17) is 5.26 Å². The highest BCUT2D eigenvalue weighted by Crippen LogP contribution is 2.29. The van der Waals surface area contributed by atoms with E-state index in [-0.39, 0.29) is 11.1 Å². The standard InChI is InChI=1S/C10H7F2NO4/c1-16-9(15)6-2-5(4-13)7(14)3-8(6)17-10(11)12/h2-3,10,14H,1H3. The predicted octanol–water partition coefficient (Wildman–Crippen LogP) is 1.65. The van der Waals surface area contributed by atoms with E-state index >= 15 is 0 Å². The molecule has 90 valence electrons. The quantitative estimate of drug-likeness (QED) is 0.816. The summed E-state index contributed by atoms with van der Waals surface area (Å²) in [6.45, 7) is -3.16. The number of hydrogen-bond acceptors (Lipinski definition) is 5. The number of nitriles is 1. The molecule has 0 aliphatic heterocycles. The van der Waals surface area contributed by atoms with Crippen molar-refractivity contribution in [3.63, 3.8) is 0 Å². The van der Waals surface area contributed by atoms with Crippen LogP contribution in [0.25, 0.3) is 0 Å². The number of nitrogens with zero attached hydrogens (tertiary/aromatic N) is 1. The van der Waals surface area contributed by atoms with Gasteiger partial charge in [0.05, 0.1) is 12.7 Å². The zero-order valence-corrected chi connectivity index (χ0v) is 8.61. The smallest absolute Gasteiger partial charge is 0.387 e. The first kappa shape index (κ1) is 12.7. The first-order chi connectivity index (χ1) is 7.99. The molecule has 0 saturated heterocycles. The zero-order valence-electron chi connectivity index (χ0n) is 8.61. The lowest BCUT2D eigenvalue weighted by Crippen LogP contribution is -2.09. The van der Waals surface area contributed by atoms with Crippen LogP contribution in [0.2, 0.25) is 0 Å². The van der Waals surface area contributed by atoms with E-state index in [0.717, 1.165) is 19.2 Å². The van der Waals surface area contributed by atoms with Crippen LogP contribution in [0.15, 0.2) is 12.1 Å². The van der Waals surface area contributed by atoms with Gasteiger partial charge in [-0.15, -0.1) is 0 Å². The van der Waals surface area contributed by atoms with Gasteiger partial charge in [-0.25, -0.2) is 4.79 Å². The second-order valence-corrected chi connectivity index (χ2v) is 2.85. The molecule has 7 heteroatoms. The minimum Gasteiger partial charge on any atom is -0.506 e. The van der Waals surface area contributed by atoms with Gasteiger partial charge in [-0.2, -0.15) is 14.0 Å². The Bertz CT molecular complexity index is 482. The van der Waals surface area contributed by atoms with Crippen LogP contribution in [0.1, 0.15) is 15.9 Å². The van der Waals surface area contributed by atoms with Gasteiger partial charge in [-0.1, -0.05) is 0 Å². The number of phenols is 1. The number of rotatable bonds is 3. The third kappa shape index (κ3) is 2.81. The van der Waals surface area contributed by atoms with Gasteiger partial charge in [-0.3, -0.25) is 0 Å². The Kier molecular flexibility index (Phi) is 3.82. The van der Waals surface area contributed by atoms with Gasteiger partial charge in [0, 0.05) is 6.07 Å². The molecule has 1 aromatic rings. The molecule has 1 rings (SSSR count). The molecule has 0 saturated carbocycles. The molecule has 17 heavy (non-hydrogen) atoms. The third-order valence-electron chi connectivity index (χ3n) is 1.84. The first-order valence-corrected chi connectivity index (χ1v) is 4.29. The van der Waals surface area contributed by atoms with E-state index in [2.05, 4.69) is 9.47 Å². The van der Waals surface area contributed by atoms with Gasteiger partial charge in [-0.05, 0) is 6.07 Å². The van der Waals surface area contributed by atoms with Crippen LogP contribution in [0.3, 0.4) is 0 Å². The van der Waals surface area contributed by atoms with Crippen molar-refractivity contribution in [2.45, 2.75) is 6.61 Å². The topological polar surface area (TPSA) is 79.6 Å². The summed E-state index contributed by atoms with van der Waals surface area (Å²) < 4.78 is 32.5. The highest BCUT2D eigenvalue weighted by molar-refractivity contribution is 5.93. The van der Waals surface area contributed by atoms with E-state index in [1.54, 1.807) is 6.07 Å². The number of alkyl halides is 2. The van der Waals surface area contributed by atoms with Crippen LogP contribution in [-0.2, 0) is 4.74 Å². The second-order valence-electron chi connectivity index (χ2n) is 2.85. The molecule has 0 radical (unpaired) electrons. The molecular formula is C10H7F2NO4. The molecule has 0 fully saturated rings. The van der Waals surface area contributed by atoms with Crippen molar-refractivity contribution in [1.29, 1.82) is 5.26 Å². The van der Waals surface area contributed by atoms with Crippen molar-refractivity contribution in [1.82, 2.24) is 0 Å². The molecule has 0 unspecified atom stereocenters. The zero-order chi connectivity index (χ0) is 13.0. The molecule has 1 N–H and O–H groups in total. The number of carbonyl (C=O) groups is 1. The van der Waals surface area contributed by atoms with Crippen LogP contribution in [0.5, 0.6) is 11.5 Å². The predicted molar refractivity (Wildman–Crippen MR) is 50.8 cm³/mol. The Hall–Kier alpha value is -2.36. The lowest BCUT2D eigenvalue weighted by atomic mass is 10.1. The minimum atomic E-state index is -3.16. The fraction of sp³-hybridized carbons (Fsp3) is 0.200. The molecule has 0 bridgehead atoms. The largest absolute Gasteiger partial charge is 0.506 e. The molecule has 0 amide bonds. The van der Waals surface area contributed by atoms with Crippen LogP contribution < -0.4 is 4.74 Å². The normalized spacial score (nSPS) is 9.82. The molecule has 1 aromatic carbocycles. The molecule has 0 aliphatic carbocycles. The summed E-state index contributed by atoms with van der Waals surface area (Å²) in [4.78, 5) is 11.3. The van der Waals surface area contributed by atoms with Crippen LogP contribution >= 0.6 is 0 Å². The van der Waals surface area contributed by atoms with Crippen molar-refractivity contribution < 1.29 is 28.2 Å². The maximum atomic E-state index is 12.1. The lowest BCUT2D eigenvalue weighted by Gasteiger charge is -2.10. The van der Waals surface area contributed by atoms with Crippen molar-refractivity contribution in [2.24, 2.45) is 0 Å². The number of phenolic OH excluding ortho intramolecular Hbond substituents is 1. The second kappa shape index (κ2) is 5.12. The monoisotopic (exact) mass is 243 g/mol. The van der Waals surface area contributed by atoms with E-state index in [1.807, 2.05) is 0 Å². The van der Waals surface area contributed by atoms with Crippen molar-refractivity contribution in [2.75, 3.05) is 7.11 Å². The van der Waals surface area contributed by atoms with Gasteiger partial charge in [0.1, 0.15) is 23.1 Å². The number of hydrogen-bond donors (Lipinski definition) is 1. The fourth-order valence-electron chi connectivity index (χ4n) is 1.12. The molecule has 0 heterocycles. The summed E-state index contributed by atoms with van der Waals surface area (Å²) in [5.74, 6) is -2.06. The molecule has 0 spiro atoms. The van der Waals surface area contributed by atoms with Gasteiger partial charge in [0.2, 0.25) is 0 Å². The Labute approximate surface area is 94.8 Å². The lowest BCUT2D eigenvalue weighted by molar-refractivity contribution is -0.0504. The number of benzene rings is 1. The van der Waals surface area contributed by atoms with Crippen molar-refractivity contribution in [3.8, 4) is 17.6 Å². The molecular weight excluding hydrogens is 236 g/mol. The van der Waals surface area contributed by atoms with Crippen LogP contribution in [0, 0.1) is 11.3 Å². The van der Waals surface area contributed by atoms with E-state index < -0.39 is 24.1 Å². The maximum Gasteiger partial charge on any atom is 0.387 e. The maximum absolute atomic E-state index is 12.1. The summed E-state index contributed by atoms with van der Waals surface area (Å²) in [5, 5.41) is 17.9. The summed E-state index contributed by atoms with van der Waals surface area (Å²) in [7, 11) is 1.05. The number of carbonyl (C=O) groups excluding carboxylic acids is 1. The SMILES string of the molecule is COC(=O)c1cc(C#N)c(O)cc1OC(F)F. The summed E-state index contributed by atoms with van der Waals surface area (Å²) in [5.41, 5.74) is -0.603. The Morgan fingerprint density at radius 2 is 2.18 bits per heavy atom. The van der Waals surface area contributed by atoms with Crippen LogP contribution in [-0.4, -0.2) is 24.8 Å². The number of ether oxygens (including phenoxy) is 2. The van der Waals surface area contributed by atoms with E-state index in [1.165, 1.54) is 0 Å². The van der Waals surface area contributed by atoms with Gasteiger partial charge < -0.3 is 14.6 Å². The summed E-state index contributed by atoms with van der Waals surface area (Å²) in [6.07, 6.45) is 0. The average Bonchev–Trinajstić information content (AvgIpc) is 2.27. The van der Waals surface area contributed by atoms with Crippen LogP contribution in [0.4, 0.5) is 8.78 Å². The molecule has 5 nitrogen and oxygen atoms in total. The van der Waals surface area contributed by atoms with E-state index in [9.17, 15) is 18.7 Å². The number of esters is 1. The highest BCUT2D eigenvalue weighted by Gasteiger charge is 2.19. The number of methoxy groups -OCH3 is 1. The van der Waals surface area contributed by atoms with Crippen molar-refractivity contribution in [3.05, 3.63) is 23.3 Å². The Morgan fingerprint density at radius 3 is 2.65 bits per heavy atom. The van der Waals surface area contributed by atoms with Gasteiger partial charge in [0.15, 0.2) is 0 Å². The van der Waals surface area contributed by atoms with E-state index in [0.29, 0.717) is 0 Å². The first-order valence-electron chi connectivity index (χ1n) is 4.29. The fourth-order valence-corrected chi connectivity index (χ4v) is 1.12. The minimum absolute atomic E-state index is 0.244. The molecule has 0 aliphatic rings. The number of halogens is 2. The highest BCUT2D eigenvalue weighted by atomic mass is 19.3. The Balaban J connectivity index is 3.32. The van der Waals surface area contributed by atoms with Gasteiger partial charge in [0.25, 0.3) is 0 Å². The van der Waals surface area contributed by atoms with Crippen molar-refractivity contribution >= 4 is 5.97 Å². The molecule has 0 aromatic heterocycles. The number of aromatic hydroxyl groups is 1. The third-order valence-corrected chi connectivity index (χ3v) is 1.84. The van der Waals surface area contributed by atoms with Gasteiger partial charge >= 0.3 is 12.6 Å². The molecule has 0 atom stereocenters. The Morgan fingerprint density at radius 1 is 1.53 bits per heavy atom. The summed E-state index contributed by atoms with van der Waals surface area (Å²) in [6, 6.07) is 3.27.